The van der Waals surface area contributed by atoms with E-state index in [1.165, 1.54) is 0 Å². The highest BCUT2D eigenvalue weighted by molar-refractivity contribution is 7.91. The number of fused-ring (bicyclic) bond motifs is 1. The van der Waals surface area contributed by atoms with E-state index in [2.05, 4.69) is 40.5 Å². The standard InChI is InChI=1S/C18H32N4O2S/c1-4-5-6-18-19-9-15(20-18)11-22-8-7-21(10-14(2)3)16-12-25(23,24)13-17(16)22/h9,14,16-17H,4-8,10-13H2,1-3H3,(H,19,20)/t16-,17+/m1/s1. The van der Waals surface area contributed by atoms with Crippen LogP contribution in [0.25, 0.3) is 0 Å². The van der Waals surface area contributed by atoms with Gasteiger partial charge < -0.3 is 4.98 Å². The molecule has 25 heavy (non-hydrogen) atoms. The van der Waals surface area contributed by atoms with Crippen LogP contribution in [0.1, 0.15) is 45.1 Å². The lowest BCUT2D eigenvalue weighted by Gasteiger charge is -2.44. The van der Waals surface area contributed by atoms with Crippen molar-refractivity contribution >= 4 is 9.84 Å². The van der Waals surface area contributed by atoms with Gasteiger partial charge in [-0.3, -0.25) is 9.80 Å². The summed E-state index contributed by atoms with van der Waals surface area (Å²) in [5, 5.41) is 0. The fraction of sp³-hybridized carbons (Fsp3) is 0.833. The molecule has 1 aromatic rings. The molecule has 0 unspecified atom stereocenters. The number of nitrogens with one attached hydrogen (secondary N) is 1. The minimum Gasteiger partial charge on any atom is -0.345 e. The molecule has 142 valence electrons. The van der Waals surface area contributed by atoms with Gasteiger partial charge in [0.2, 0.25) is 0 Å². The first-order valence-electron chi connectivity index (χ1n) is 9.59. The highest BCUT2D eigenvalue weighted by Gasteiger charge is 2.46. The predicted molar refractivity (Wildman–Crippen MR) is 100 cm³/mol. The SMILES string of the molecule is CCCCc1ncc(CN2CCN(CC(C)C)[C@@H]3CS(=O)(=O)C[C@@H]32)[nH]1. The Hall–Kier alpha value is -0.920. The largest absolute Gasteiger partial charge is 0.345 e. The van der Waals surface area contributed by atoms with E-state index in [4.69, 9.17) is 0 Å². The van der Waals surface area contributed by atoms with Crippen LogP contribution in [0.5, 0.6) is 0 Å². The average Bonchev–Trinajstić information content (AvgIpc) is 3.10. The summed E-state index contributed by atoms with van der Waals surface area (Å²) in [5.74, 6) is 2.21. The highest BCUT2D eigenvalue weighted by Crippen LogP contribution is 2.28. The first-order valence-corrected chi connectivity index (χ1v) is 11.4. The van der Waals surface area contributed by atoms with Gasteiger partial charge in [-0.2, -0.15) is 0 Å². The molecule has 2 atom stereocenters. The van der Waals surface area contributed by atoms with E-state index in [-0.39, 0.29) is 12.1 Å². The molecule has 0 spiro atoms. The Bertz CT molecular complexity index is 670. The Morgan fingerprint density at radius 3 is 2.60 bits per heavy atom. The number of imidazole rings is 1. The van der Waals surface area contributed by atoms with Crippen molar-refractivity contribution in [1.29, 1.82) is 0 Å². The molecular formula is C18H32N4O2S. The molecule has 0 amide bonds. The van der Waals surface area contributed by atoms with Gasteiger partial charge in [0, 0.05) is 56.6 Å². The Morgan fingerprint density at radius 2 is 1.92 bits per heavy atom. The molecule has 0 saturated carbocycles. The van der Waals surface area contributed by atoms with E-state index in [1.54, 1.807) is 0 Å². The van der Waals surface area contributed by atoms with Crippen LogP contribution in [0.4, 0.5) is 0 Å². The second-order valence-electron chi connectivity index (χ2n) is 8.03. The number of hydrogen-bond acceptors (Lipinski definition) is 5. The molecule has 3 heterocycles. The molecule has 6 nitrogen and oxygen atoms in total. The number of rotatable bonds is 7. The third-order valence-corrected chi connectivity index (χ3v) is 7.03. The lowest BCUT2D eigenvalue weighted by atomic mass is 10.0. The number of unbranched alkanes of at least 4 members (excludes halogenated alkanes) is 1. The summed E-state index contributed by atoms with van der Waals surface area (Å²) in [5.41, 5.74) is 1.10. The molecule has 0 aliphatic carbocycles. The molecule has 1 aromatic heterocycles. The normalized spacial score (nSPS) is 27.0. The van der Waals surface area contributed by atoms with Gasteiger partial charge in [-0.1, -0.05) is 27.2 Å². The van der Waals surface area contributed by atoms with Crippen LogP contribution >= 0.6 is 0 Å². The van der Waals surface area contributed by atoms with Gasteiger partial charge in [-0.05, 0) is 12.3 Å². The molecule has 0 radical (unpaired) electrons. The van der Waals surface area contributed by atoms with Crippen molar-refractivity contribution in [1.82, 2.24) is 19.8 Å². The lowest BCUT2D eigenvalue weighted by Crippen LogP contribution is -2.59. The highest BCUT2D eigenvalue weighted by atomic mass is 32.2. The minimum atomic E-state index is -2.94. The van der Waals surface area contributed by atoms with E-state index >= 15 is 0 Å². The van der Waals surface area contributed by atoms with Crippen LogP contribution in [0, 0.1) is 5.92 Å². The maximum absolute atomic E-state index is 12.3. The van der Waals surface area contributed by atoms with Crippen LogP contribution < -0.4 is 0 Å². The zero-order valence-electron chi connectivity index (χ0n) is 15.7. The van der Waals surface area contributed by atoms with Gasteiger partial charge in [-0.25, -0.2) is 13.4 Å². The third kappa shape index (κ3) is 4.63. The lowest BCUT2D eigenvalue weighted by molar-refractivity contribution is 0.0331. The molecule has 2 aliphatic rings. The van der Waals surface area contributed by atoms with Gasteiger partial charge in [0.1, 0.15) is 5.82 Å². The van der Waals surface area contributed by atoms with Gasteiger partial charge in [0.15, 0.2) is 9.84 Å². The van der Waals surface area contributed by atoms with Crippen molar-refractivity contribution in [3.63, 3.8) is 0 Å². The van der Waals surface area contributed by atoms with Crippen molar-refractivity contribution in [2.45, 2.75) is 58.7 Å². The Morgan fingerprint density at radius 1 is 1.24 bits per heavy atom. The van der Waals surface area contributed by atoms with Gasteiger partial charge in [0.25, 0.3) is 0 Å². The van der Waals surface area contributed by atoms with Crippen molar-refractivity contribution < 1.29 is 8.42 Å². The average molecular weight is 369 g/mol. The van der Waals surface area contributed by atoms with Crippen LogP contribution in [-0.2, 0) is 22.8 Å². The van der Waals surface area contributed by atoms with Crippen molar-refractivity contribution in [2.24, 2.45) is 5.92 Å². The van der Waals surface area contributed by atoms with E-state index in [1.807, 2.05) is 6.20 Å². The summed E-state index contributed by atoms with van der Waals surface area (Å²) in [4.78, 5) is 12.6. The molecular weight excluding hydrogens is 336 g/mol. The van der Waals surface area contributed by atoms with Crippen molar-refractivity contribution in [2.75, 3.05) is 31.1 Å². The first kappa shape index (κ1) is 18.9. The zero-order valence-corrected chi connectivity index (χ0v) is 16.6. The third-order valence-electron chi connectivity index (χ3n) is 5.33. The zero-order chi connectivity index (χ0) is 18.0. The molecule has 2 fully saturated rings. The number of hydrogen-bond donors (Lipinski definition) is 1. The molecule has 7 heteroatoms. The molecule has 3 rings (SSSR count). The maximum Gasteiger partial charge on any atom is 0.153 e. The van der Waals surface area contributed by atoms with E-state index < -0.39 is 9.84 Å². The molecule has 1 N–H and O–H groups in total. The second kappa shape index (κ2) is 7.76. The number of aromatic amines is 1. The Balaban J connectivity index is 1.69. The first-order chi connectivity index (χ1) is 11.9. The Labute approximate surface area is 151 Å². The molecule has 0 aromatic carbocycles. The van der Waals surface area contributed by atoms with E-state index in [0.29, 0.717) is 17.4 Å². The number of piperazine rings is 1. The molecule has 2 saturated heterocycles. The van der Waals surface area contributed by atoms with Gasteiger partial charge in [0.05, 0.1) is 11.5 Å². The van der Waals surface area contributed by atoms with Crippen molar-refractivity contribution in [3.05, 3.63) is 17.7 Å². The molecule has 2 aliphatic heterocycles. The van der Waals surface area contributed by atoms with Crippen LogP contribution in [-0.4, -0.2) is 71.4 Å². The number of sulfone groups is 1. The summed E-state index contributed by atoms with van der Waals surface area (Å²) in [6.07, 6.45) is 5.21. The Kier molecular flexibility index (Phi) is 5.85. The fourth-order valence-electron chi connectivity index (χ4n) is 4.16. The van der Waals surface area contributed by atoms with Crippen LogP contribution in [0.2, 0.25) is 0 Å². The summed E-state index contributed by atoms with van der Waals surface area (Å²) < 4.78 is 24.6. The van der Waals surface area contributed by atoms with Crippen LogP contribution in [0.3, 0.4) is 0 Å². The monoisotopic (exact) mass is 368 g/mol. The maximum atomic E-state index is 12.3. The minimum absolute atomic E-state index is 0.111. The second-order valence-corrected chi connectivity index (χ2v) is 10.2. The summed E-state index contributed by atoms with van der Waals surface area (Å²) in [6, 6.07) is 0.253. The quantitative estimate of drug-likeness (QED) is 0.793. The van der Waals surface area contributed by atoms with E-state index in [9.17, 15) is 8.42 Å². The smallest absolute Gasteiger partial charge is 0.153 e. The van der Waals surface area contributed by atoms with Gasteiger partial charge in [-0.15, -0.1) is 0 Å². The predicted octanol–water partition coefficient (Wildman–Crippen LogP) is 1.69. The number of H-pyrrole nitrogens is 1. The molecule has 0 bridgehead atoms. The fourth-order valence-corrected chi connectivity index (χ4v) is 6.21. The summed E-state index contributed by atoms with van der Waals surface area (Å²) in [6.45, 7) is 10.2. The number of aryl methyl sites for hydroxylation is 1. The van der Waals surface area contributed by atoms with Gasteiger partial charge >= 0.3 is 0 Å². The van der Waals surface area contributed by atoms with Crippen LogP contribution in [0.15, 0.2) is 6.20 Å². The summed E-state index contributed by atoms with van der Waals surface area (Å²) in [7, 11) is -2.94. The topological polar surface area (TPSA) is 69.3 Å². The van der Waals surface area contributed by atoms with E-state index in [0.717, 1.165) is 57.0 Å². The summed E-state index contributed by atoms with van der Waals surface area (Å²) >= 11 is 0. The number of nitrogens with zero attached hydrogens (tertiary/aromatic N) is 3. The van der Waals surface area contributed by atoms with Crippen molar-refractivity contribution in [3.8, 4) is 0 Å². The number of aromatic nitrogens is 2.